The van der Waals surface area contributed by atoms with Crippen LogP contribution in [0, 0.1) is 0 Å². The number of rotatable bonds is 10. The second kappa shape index (κ2) is 9.53. The molecule has 120 valence electrons. The van der Waals surface area contributed by atoms with Gasteiger partial charge in [0.15, 0.2) is 5.96 Å². The van der Waals surface area contributed by atoms with Crippen LogP contribution in [0.15, 0.2) is 4.99 Å². The van der Waals surface area contributed by atoms with Crippen LogP contribution in [-0.2, 0) is 14.4 Å². The third-order valence-corrected chi connectivity index (χ3v) is 2.60. The van der Waals surface area contributed by atoms with Gasteiger partial charge in [0.1, 0.15) is 6.04 Å². The standard InChI is InChI=1S/C11H22N6O4/c12-6(2-1-5-16-11(14)15)9(19)17-7(10(20)21)3-4-8(13)18/h6-7H,1-5,12H2,(H2,13,18)(H,17,19)(H,20,21)(H4,14,15,16)/t6-,7+/m1/s1. The normalized spacial score (nSPS) is 13.0. The van der Waals surface area contributed by atoms with Crippen LogP contribution in [-0.4, -0.2) is 47.5 Å². The van der Waals surface area contributed by atoms with E-state index in [0.717, 1.165) is 0 Å². The molecule has 0 bridgehead atoms. The van der Waals surface area contributed by atoms with E-state index >= 15 is 0 Å². The smallest absolute Gasteiger partial charge is 0.326 e. The maximum atomic E-state index is 11.7. The third kappa shape index (κ3) is 9.21. The summed E-state index contributed by atoms with van der Waals surface area (Å²) in [5, 5.41) is 11.2. The lowest BCUT2D eigenvalue weighted by Gasteiger charge is -2.17. The molecule has 0 saturated heterocycles. The van der Waals surface area contributed by atoms with Crippen LogP contribution in [0.5, 0.6) is 0 Å². The molecule has 0 aromatic carbocycles. The number of aliphatic carboxylic acids is 1. The zero-order chi connectivity index (χ0) is 16.4. The molecule has 0 rings (SSSR count). The molecule has 10 heteroatoms. The van der Waals surface area contributed by atoms with Gasteiger partial charge in [-0.25, -0.2) is 4.79 Å². The van der Waals surface area contributed by atoms with E-state index in [4.69, 9.17) is 28.0 Å². The number of nitrogens with two attached hydrogens (primary N) is 4. The quantitative estimate of drug-likeness (QED) is 0.142. The van der Waals surface area contributed by atoms with Crippen LogP contribution < -0.4 is 28.3 Å². The van der Waals surface area contributed by atoms with Crippen molar-refractivity contribution in [1.29, 1.82) is 0 Å². The summed E-state index contributed by atoms with van der Waals surface area (Å²) in [6.45, 7) is 0.327. The summed E-state index contributed by atoms with van der Waals surface area (Å²) in [5.74, 6) is -2.56. The maximum absolute atomic E-state index is 11.7. The molecule has 0 saturated carbocycles. The number of carbonyl (C=O) groups excluding carboxylic acids is 2. The van der Waals surface area contributed by atoms with E-state index in [1.165, 1.54) is 0 Å². The summed E-state index contributed by atoms with van der Waals surface area (Å²) in [7, 11) is 0. The Kier molecular flexibility index (Phi) is 8.46. The van der Waals surface area contributed by atoms with Crippen molar-refractivity contribution in [3.8, 4) is 0 Å². The minimum Gasteiger partial charge on any atom is -0.480 e. The molecule has 0 aromatic rings. The molecule has 0 heterocycles. The van der Waals surface area contributed by atoms with Crippen LogP contribution >= 0.6 is 0 Å². The fourth-order valence-corrected chi connectivity index (χ4v) is 1.47. The first-order valence-corrected chi connectivity index (χ1v) is 6.36. The van der Waals surface area contributed by atoms with Crippen LogP contribution in [0.1, 0.15) is 25.7 Å². The molecule has 0 aromatic heterocycles. The Morgan fingerprint density at radius 2 is 1.76 bits per heavy atom. The molecule has 0 aliphatic rings. The van der Waals surface area contributed by atoms with E-state index in [9.17, 15) is 14.4 Å². The van der Waals surface area contributed by atoms with Crippen molar-refractivity contribution in [3.05, 3.63) is 0 Å². The monoisotopic (exact) mass is 302 g/mol. The molecule has 2 amide bonds. The maximum Gasteiger partial charge on any atom is 0.326 e. The lowest BCUT2D eigenvalue weighted by molar-refractivity contribution is -0.142. The van der Waals surface area contributed by atoms with Gasteiger partial charge in [0, 0.05) is 13.0 Å². The van der Waals surface area contributed by atoms with Gasteiger partial charge in [-0.15, -0.1) is 0 Å². The first kappa shape index (κ1) is 18.6. The van der Waals surface area contributed by atoms with E-state index in [1.807, 2.05) is 0 Å². The molecule has 0 unspecified atom stereocenters. The summed E-state index contributed by atoms with van der Waals surface area (Å²) in [6.07, 6.45) is 0.546. The summed E-state index contributed by atoms with van der Waals surface area (Å²) in [4.78, 5) is 37.0. The highest BCUT2D eigenvalue weighted by atomic mass is 16.4. The van der Waals surface area contributed by atoms with E-state index in [-0.39, 0.29) is 18.8 Å². The molecule has 10 N–H and O–H groups in total. The van der Waals surface area contributed by atoms with E-state index in [1.54, 1.807) is 0 Å². The molecule has 0 spiro atoms. The SMILES string of the molecule is NC(=O)CC[C@H](NC(=O)[C@H](N)CCCN=C(N)N)C(=O)O. The number of carboxylic acid groups (broad SMARTS) is 1. The van der Waals surface area contributed by atoms with Crippen molar-refractivity contribution in [2.45, 2.75) is 37.8 Å². The zero-order valence-electron chi connectivity index (χ0n) is 11.6. The number of nitrogens with one attached hydrogen (secondary N) is 1. The first-order chi connectivity index (χ1) is 9.73. The predicted molar refractivity (Wildman–Crippen MR) is 75.9 cm³/mol. The number of guanidine groups is 1. The van der Waals surface area contributed by atoms with Crippen LogP contribution in [0.4, 0.5) is 0 Å². The largest absolute Gasteiger partial charge is 0.480 e. The Morgan fingerprint density at radius 1 is 1.14 bits per heavy atom. The van der Waals surface area contributed by atoms with Crippen molar-refractivity contribution in [1.82, 2.24) is 5.32 Å². The molecule has 0 aliphatic heterocycles. The molecule has 10 nitrogen and oxygen atoms in total. The van der Waals surface area contributed by atoms with Gasteiger partial charge in [0.2, 0.25) is 11.8 Å². The second-order valence-corrected chi connectivity index (χ2v) is 4.46. The van der Waals surface area contributed by atoms with Crippen molar-refractivity contribution < 1.29 is 19.5 Å². The number of carbonyl (C=O) groups is 3. The topological polar surface area (TPSA) is 200 Å². The highest BCUT2D eigenvalue weighted by Gasteiger charge is 2.23. The fraction of sp³-hybridized carbons (Fsp3) is 0.636. The van der Waals surface area contributed by atoms with Gasteiger partial charge in [-0.2, -0.15) is 0 Å². The highest BCUT2D eigenvalue weighted by molar-refractivity contribution is 5.87. The number of primary amides is 1. The number of amides is 2. The van der Waals surface area contributed by atoms with Gasteiger partial charge < -0.3 is 33.4 Å². The molecular weight excluding hydrogens is 280 g/mol. The molecule has 21 heavy (non-hydrogen) atoms. The van der Waals surface area contributed by atoms with Crippen molar-refractivity contribution in [3.63, 3.8) is 0 Å². The van der Waals surface area contributed by atoms with E-state index in [2.05, 4.69) is 10.3 Å². The highest BCUT2D eigenvalue weighted by Crippen LogP contribution is 2.00. The third-order valence-electron chi connectivity index (χ3n) is 2.60. The van der Waals surface area contributed by atoms with Crippen LogP contribution in [0.2, 0.25) is 0 Å². The first-order valence-electron chi connectivity index (χ1n) is 6.36. The average Bonchev–Trinajstić information content (AvgIpc) is 2.38. The lowest BCUT2D eigenvalue weighted by Crippen LogP contribution is -2.48. The molecule has 2 atom stereocenters. The lowest BCUT2D eigenvalue weighted by atomic mass is 10.1. The summed E-state index contributed by atoms with van der Waals surface area (Å²) >= 11 is 0. The Hall–Kier alpha value is -2.36. The number of hydrogen-bond acceptors (Lipinski definition) is 5. The zero-order valence-corrected chi connectivity index (χ0v) is 11.6. The van der Waals surface area contributed by atoms with Gasteiger partial charge in [-0.05, 0) is 19.3 Å². The minimum absolute atomic E-state index is 0.0505. The Morgan fingerprint density at radius 3 is 2.24 bits per heavy atom. The fourth-order valence-electron chi connectivity index (χ4n) is 1.47. The Balaban J connectivity index is 4.24. The van der Waals surface area contributed by atoms with Crippen LogP contribution in [0.3, 0.4) is 0 Å². The number of carboxylic acids is 1. The van der Waals surface area contributed by atoms with Crippen LogP contribution in [0.25, 0.3) is 0 Å². The summed E-state index contributed by atoms with van der Waals surface area (Å²) in [5.41, 5.74) is 20.8. The number of nitrogens with zero attached hydrogens (tertiary/aromatic N) is 1. The summed E-state index contributed by atoms with van der Waals surface area (Å²) in [6, 6.07) is -2.08. The second-order valence-electron chi connectivity index (χ2n) is 4.46. The Bertz CT molecular complexity index is 408. The van der Waals surface area contributed by atoms with Gasteiger partial charge in [-0.1, -0.05) is 0 Å². The minimum atomic E-state index is -1.25. The van der Waals surface area contributed by atoms with Crippen molar-refractivity contribution >= 4 is 23.7 Å². The van der Waals surface area contributed by atoms with Gasteiger partial charge in [0.25, 0.3) is 0 Å². The van der Waals surface area contributed by atoms with Crippen molar-refractivity contribution in [2.24, 2.45) is 27.9 Å². The molecule has 0 fully saturated rings. The number of aliphatic imine (C=N–C) groups is 1. The Labute approximate surface area is 121 Å². The average molecular weight is 302 g/mol. The van der Waals surface area contributed by atoms with Crippen molar-refractivity contribution in [2.75, 3.05) is 6.54 Å². The van der Waals surface area contributed by atoms with Gasteiger partial charge >= 0.3 is 5.97 Å². The number of hydrogen-bond donors (Lipinski definition) is 6. The summed E-state index contributed by atoms with van der Waals surface area (Å²) < 4.78 is 0. The van der Waals surface area contributed by atoms with E-state index < -0.39 is 29.9 Å². The van der Waals surface area contributed by atoms with Gasteiger partial charge in [0.05, 0.1) is 6.04 Å². The van der Waals surface area contributed by atoms with E-state index in [0.29, 0.717) is 19.4 Å². The molecule has 0 radical (unpaired) electrons. The van der Waals surface area contributed by atoms with Gasteiger partial charge in [-0.3, -0.25) is 14.6 Å². The molecule has 0 aliphatic carbocycles. The molecular formula is C11H22N6O4. The predicted octanol–water partition coefficient (Wildman–Crippen LogP) is -2.80.